The van der Waals surface area contributed by atoms with E-state index in [4.69, 9.17) is 4.74 Å². The van der Waals surface area contributed by atoms with Crippen molar-refractivity contribution >= 4 is 17.7 Å². The van der Waals surface area contributed by atoms with Gasteiger partial charge in [0.15, 0.2) is 0 Å². The lowest BCUT2D eigenvalue weighted by atomic mass is 9.57. The Labute approximate surface area is 163 Å². The first-order valence-electron chi connectivity index (χ1n) is 10.3. The third-order valence-electron chi connectivity index (χ3n) is 5.85. The van der Waals surface area contributed by atoms with Gasteiger partial charge in [-0.25, -0.2) is 4.79 Å². The highest BCUT2D eigenvalue weighted by Crippen LogP contribution is 2.48. The van der Waals surface area contributed by atoms with Crippen molar-refractivity contribution < 1.29 is 19.1 Å². The Bertz CT molecular complexity index is 592. The minimum Gasteiger partial charge on any atom is -0.444 e. The van der Waals surface area contributed by atoms with E-state index in [0.29, 0.717) is 57.5 Å². The Morgan fingerprint density at radius 2 is 1.93 bits per heavy atom. The van der Waals surface area contributed by atoms with Gasteiger partial charge in [0.2, 0.25) is 0 Å². The van der Waals surface area contributed by atoms with Crippen LogP contribution in [0.15, 0.2) is 12.7 Å². The van der Waals surface area contributed by atoms with Crippen molar-refractivity contribution in [3.05, 3.63) is 12.7 Å². The molecule has 2 fully saturated rings. The number of amides is 1. The van der Waals surface area contributed by atoms with Crippen LogP contribution in [0.1, 0.15) is 72.6 Å². The molecule has 1 aliphatic carbocycles. The maximum atomic E-state index is 13.2. The van der Waals surface area contributed by atoms with Crippen molar-refractivity contribution in [3.63, 3.8) is 0 Å². The maximum Gasteiger partial charge on any atom is 0.410 e. The van der Waals surface area contributed by atoms with Crippen LogP contribution in [-0.2, 0) is 14.3 Å². The molecule has 0 aromatic heterocycles. The van der Waals surface area contributed by atoms with Gasteiger partial charge < -0.3 is 9.64 Å². The molecule has 0 unspecified atom stereocenters. The Kier molecular flexibility index (Phi) is 6.87. The standard InChI is InChI=1S/C22H35NO4/c1-6-9-17-14-16(2)15-19(25)22(17)11-8-13-23(12-7-10-18(22)24)20(26)27-21(3,4)5/h6,16-17H,1,7-15H2,2-5H3/t16-,17-,22+/m1/s1. The van der Waals surface area contributed by atoms with E-state index < -0.39 is 11.0 Å². The van der Waals surface area contributed by atoms with Gasteiger partial charge >= 0.3 is 6.09 Å². The van der Waals surface area contributed by atoms with Gasteiger partial charge in [-0.2, -0.15) is 0 Å². The fourth-order valence-electron chi connectivity index (χ4n) is 4.68. The van der Waals surface area contributed by atoms with E-state index in [1.54, 1.807) is 4.90 Å². The molecule has 0 aromatic rings. The number of Topliss-reactive ketones (excluding diaryl/α,β-unsaturated/α-hetero) is 2. The van der Waals surface area contributed by atoms with Gasteiger partial charge in [-0.1, -0.05) is 13.0 Å². The van der Waals surface area contributed by atoms with Crippen LogP contribution in [0.2, 0.25) is 0 Å². The number of hydrogen-bond acceptors (Lipinski definition) is 4. The van der Waals surface area contributed by atoms with Crippen LogP contribution in [0.25, 0.3) is 0 Å². The molecule has 0 radical (unpaired) electrons. The Balaban J connectivity index is 2.21. The zero-order valence-electron chi connectivity index (χ0n) is 17.4. The predicted octanol–water partition coefficient (Wildman–Crippen LogP) is 4.54. The van der Waals surface area contributed by atoms with E-state index in [-0.39, 0.29) is 23.6 Å². The van der Waals surface area contributed by atoms with Crippen molar-refractivity contribution in [1.82, 2.24) is 4.90 Å². The highest BCUT2D eigenvalue weighted by molar-refractivity contribution is 6.08. The van der Waals surface area contributed by atoms with E-state index in [1.807, 2.05) is 26.8 Å². The summed E-state index contributed by atoms with van der Waals surface area (Å²) in [5.41, 5.74) is -1.43. The molecule has 1 aliphatic heterocycles. The summed E-state index contributed by atoms with van der Waals surface area (Å²) in [5, 5.41) is 0. The van der Waals surface area contributed by atoms with E-state index >= 15 is 0 Å². The SMILES string of the molecule is C=CC[C@@H]1C[C@@H](C)CC(=O)[C@@]12CCCN(C(=O)OC(C)(C)C)CCCC2=O. The van der Waals surface area contributed by atoms with Crippen LogP contribution >= 0.6 is 0 Å². The lowest BCUT2D eigenvalue weighted by Crippen LogP contribution is -2.50. The molecule has 27 heavy (non-hydrogen) atoms. The summed E-state index contributed by atoms with van der Waals surface area (Å²) in [6.45, 7) is 12.5. The largest absolute Gasteiger partial charge is 0.444 e. The van der Waals surface area contributed by atoms with Crippen LogP contribution in [0.3, 0.4) is 0 Å². The highest BCUT2D eigenvalue weighted by atomic mass is 16.6. The van der Waals surface area contributed by atoms with E-state index in [9.17, 15) is 14.4 Å². The van der Waals surface area contributed by atoms with Gasteiger partial charge in [0, 0.05) is 25.9 Å². The van der Waals surface area contributed by atoms with Crippen molar-refractivity contribution in [2.24, 2.45) is 17.3 Å². The Hall–Kier alpha value is -1.65. The maximum absolute atomic E-state index is 13.2. The summed E-state index contributed by atoms with van der Waals surface area (Å²) in [7, 11) is 0. The lowest BCUT2D eigenvalue weighted by molar-refractivity contribution is -0.150. The molecule has 5 heteroatoms. The second-order valence-electron chi connectivity index (χ2n) is 9.26. The molecule has 2 aliphatic rings. The molecule has 0 N–H and O–H groups in total. The Morgan fingerprint density at radius 3 is 2.56 bits per heavy atom. The number of ketones is 2. The number of ether oxygens (including phenoxy) is 1. The predicted molar refractivity (Wildman–Crippen MR) is 105 cm³/mol. The average molecular weight is 378 g/mol. The molecule has 3 atom stereocenters. The summed E-state index contributed by atoms with van der Waals surface area (Å²) in [6, 6.07) is 0. The molecule has 1 heterocycles. The summed E-state index contributed by atoms with van der Waals surface area (Å²) in [4.78, 5) is 40.5. The van der Waals surface area contributed by atoms with Crippen molar-refractivity contribution in [1.29, 1.82) is 0 Å². The highest BCUT2D eigenvalue weighted by Gasteiger charge is 2.52. The second-order valence-corrected chi connectivity index (χ2v) is 9.26. The fraction of sp³-hybridized carbons (Fsp3) is 0.773. The first-order chi connectivity index (χ1) is 12.6. The molecule has 5 nitrogen and oxygen atoms in total. The monoisotopic (exact) mass is 377 g/mol. The number of hydrogen-bond donors (Lipinski definition) is 0. The van der Waals surface area contributed by atoms with Crippen molar-refractivity contribution in [3.8, 4) is 0 Å². The minimum atomic E-state index is -0.884. The molecule has 1 saturated carbocycles. The number of nitrogens with zero attached hydrogens (tertiary/aromatic N) is 1. The zero-order valence-corrected chi connectivity index (χ0v) is 17.4. The van der Waals surface area contributed by atoms with Gasteiger partial charge in [0.05, 0.1) is 5.41 Å². The molecule has 0 bridgehead atoms. The van der Waals surface area contributed by atoms with Crippen LogP contribution in [0.5, 0.6) is 0 Å². The molecule has 0 aromatic carbocycles. The normalized spacial score (nSPS) is 30.4. The molecular weight excluding hydrogens is 342 g/mol. The van der Waals surface area contributed by atoms with E-state index in [0.717, 1.165) is 6.42 Å². The fourth-order valence-corrected chi connectivity index (χ4v) is 4.68. The molecule has 2 rings (SSSR count). The van der Waals surface area contributed by atoms with Gasteiger partial charge in [-0.15, -0.1) is 6.58 Å². The second kappa shape index (κ2) is 8.57. The summed E-state index contributed by atoms with van der Waals surface area (Å²) < 4.78 is 5.49. The average Bonchev–Trinajstić information content (AvgIpc) is 2.61. The number of rotatable bonds is 2. The molecule has 1 amide bonds. The quantitative estimate of drug-likeness (QED) is 0.523. The lowest BCUT2D eigenvalue weighted by Gasteiger charge is -2.43. The summed E-state index contributed by atoms with van der Waals surface area (Å²) in [6.07, 6.45) is 5.64. The third kappa shape index (κ3) is 4.99. The van der Waals surface area contributed by atoms with Gasteiger partial charge in [-0.05, 0) is 64.7 Å². The number of carbonyl (C=O) groups is 3. The third-order valence-corrected chi connectivity index (χ3v) is 5.85. The zero-order chi connectivity index (χ0) is 20.2. The van der Waals surface area contributed by atoms with Gasteiger partial charge in [-0.3, -0.25) is 9.59 Å². The van der Waals surface area contributed by atoms with Crippen LogP contribution in [-0.4, -0.2) is 41.3 Å². The first kappa shape index (κ1) is 21.6. The van der Waals surface area contributed by atoms with Crippen LogP contribution < -0.4 is 0 Å². The number of carbonyl (C=O) groups excluding carboxylic acids is 3. The van der Waals surface area contributed by atoms with Crippen molar-refractivity contribution in [2.45, 2.75) is 78.2 Å². The minimum absolute atomic E-state index is 0.0341. The summed E-state index contributed by atoms with van der Waals surface area (Å²) >= 11 is 0. The molecule has 1 saturated heterocycles. The van der Waals surface area contributed by atoms with Crippen LogP contribution in [0, 0.1) is 17.3 Å². The smallest absolute Gasteiger partial charge is 0.410 e. The summed E-state index contributed by atoms with van der Waals surface area (Å²) in [5.74, 6) is 0.514. The van der Waals surface area contributed by atoms with Crippen molar-refractivity contribution in [2.75, 3.05) is 13.1 Å². The topological polar surface area (TPSA) is 63.7 Å². The first-order valence-corrected chi connectivity index (χ1v) is 10.3. The van der Waals surface area contributed by atoms with E-state index in [2.05, 4.69) is 13.5 Å². The Morgan fingerprint density at radius 1 is 1.26 bits per heavy atom. The van der Waals surface area contributed by atoms with Gasteiger partial charge in [0.1, 0.15) is 17.2 Å². The van der Waals surface area contributed by atoms with Crippen LogP contribution in [0.4, 0.5) is 4.79 Å². The number of allylic oxidation sites excluding steroid dienone is 1. The van der Waals surface area contributed by atoms with Gasteiger partial charge in [0.25, 0.3) is 0 Å². The molecular formula is C22H35NO4. The molecule has 1 spiro atoms. The molecule has 152 valence electrons. The van der Waals surface area contributed by atoms with E-state index in [1.165, 1.54) is 0 Å².